The molecule has 1 atom stereocenters. The second-order valence-corrected chi connectivity index (χ2v) is 7.18. The maximum atomic E-state index is 12.4. The smallest absolute Gasteiger partial charge is 0.343 e. The van der Waals surface area contributed by atoms with Gasteiger partial charge < -0.3 is 14.2 Å². The summed E-state index contributed by atoms with van der Waals surface area (Å²) in [5, 5.41) is 0. The minimum absolute atomic E-state index is 0.167. The lowest BCUT2D eigenvalue weighted by Gasteiger charge is -2.11. The molecule has 0 saturated heterocycles. The van der Waals surface area contributed by atoms with Crippen molar-refractivity contribution in [1.29, 1.82) is 0 Å². The normalized spacial score (nSPS) is 11.3. The average Bonchev–Trinajstić information content (AvgIpc) is 2.84. The topological polar surface area (TPSA) is 74.2 Å². The van der Waals surface area contributed by atoms with Crippen molar-refractivity contribution in [2.75, 3.05) is 6.79 Å². The molecule has 3 aromatic carbocycles. The van der Waals surface area contributed by atoms with Crippen LogP contribution in [0.5, 0.6) is 11.5 Å². The molecule has 0 fully saturated rings. The van der Waals surface area contributed by atoms with Gasteiger partial charge in [-0.1, -0.05) is 38.1 Å². The number of esters is 2. The first-order valence-electron chi connectivity index (χ1n) is 10.3. The van der Waals surface area contributed by atoms with E-state index in [4.69, 9.17) is 14.2 Å². The Morgan fingerprint density at radius 1 is 0.875 bits per heavy atom. The van der Waals surface area contributed by atoms with Crippen LogP contribution in [0.3, 0.4) is 0 Å². The zero-order chi connectivity index (χ0) is 22.9. The van der Waals surface area contributed by atoms with E-state index in [-0.39, 0.29) is 18.7 Å². The van der Waals surface area contributed by atoms with Gasteiger partial charge in [-0.15, -0.1) is 0 Å². The summed E-state index contributed by atoms with van der Waals surface area (Å²) in [4.78, 5) is 27.9. The Balaban J connectivity index is 1.53. The molecule has 3 rings (SSSR count). The Morgan fingerprint density at radius 2 is 1.44 bits per heavy atom. The summed E-state index contributed by atoms with van der Waals surface area (Å²) in [6, 6.07) is 21.4. The number of hydrogen-bond donors (Lipinski definition) is 0. The number of aliphatic imine (C=N–C) groups is 1. The van der Waals surface area contributed by atoms with Crippen LogP contribution in [-0.4, -0.2) is 25.4 Å². The van der Waals surface area contributed by atoms with Crippen LogP contribution in [0.15, 0.2) is 77.8 Å². The minimum Gasteiger partial charge on any atom is -0.457 e. The molecular weight excluding hydrogens is 406 g/mol. The lowest BCUT2D eigenvalue weighted by atomic mass is 10.1. The van der Waals surface area contributed by atoms with Crippen LogP contribution in [0.1, 0.15) is 30.6 Å². The molecule has 1 unspecified atom stereocenters. The van der Waals surface area contributed by atoms with Crippen LogP contribution in [0.25, 0.3) is 11.1 Å². The first-order valence-corrected chi connectivity index (χ1v) is 10.3. The summed E-state index contributed by atoms with van der Waals surface area (Å²) in [6.07, 6.45) is 0.707. The van der Waals surface area contributed by atoms with Crippen LogP contribution in [0.4, 0.5) is 5.69 Å². The van der Waals surface area contributed by atoms with Crippen LogP contribution in [0, 0.1) is 5.92 Å². The number of benzene rings is 3. The lowest BCUT2D eigenvalue weighted by molar-refractivity contribution is -0.154. The molecule has 0 aromatic heterocycles. The summed E-state index contributed by atoms with van der Waals surface area (Å²) in [7, 11) is 0. The summed E-state index contributed by atoms with van der Waals surface area (Å²) in [5.74, 6) is -0.0146. The third-order valence-corrected chi connectivity index (χ3v) is 4.98. The van der Waals surface area contributed by atoms with E-state index in [1.807, 2.05) is 43.3 Å². The van der Waals surface area contributed by atoms with Crippen molar-refractivity contribution >= 4 is 24.3 Å². The minimum atomic E-state index is -0.478. The highest BCUT2D eigenvalue weighted by molar-refractivity contribution is 5.91. The molecule has 0 spiro atoms. The SMILES string of the molecule is C=Nc1ccc(-c2ccc(OC(=O)c3ccc(OCOC(=O)C(C)CC)cc3)cc2)cc1. The van der Waals surface area contributed by atoms with Crippen LogP contribution in [0.2, 0.25) is 0 Å². The highest BCUT2D eigenvalue weighted by Gasteiger charge is 2.12. The fourth-order valence-corrected chi connectivity index (χ4v) is 2.79. The maximum absolute atomic E-state index is 12.4. The standard InChI is InChI=1S/C26H25NO5/c1-4-18(2)25(28)31-17-30-23-13-9-21(10-14-23)26(29)32-24-15-7-20(8-16-24)19-5-11-22(27-3)12-6-19/h5-16,18H,3-4,17H2,1-2H3. The lowest BCUT2D eigenvalue weighted by Crippen LogP contribution is -2.17. The number of ether oxygens (including phenoxy) is 3. The third kappa shape index (κ3) is 6.04. The highest BCUT2D eigenvalue weighted by atomic mass is 16.7. The fourth-order valence-electron chi connectivity index (χ4n) is 2.79. The van der Waals surface area contributed by atoms with Crippen LogP contribution in [-0.2, 0) is 9.53 Å². The van der Waals surface area contributed by atoms with E-state index in [0.717, 1.165) is 16.8 Å². The summed E-state index contributed by atoms with van der Waals surface area (Å²) in [6.45, 7) is 7.05. The van der Waals surface area contributed by atoms with Gasteiger partial charge in [-0.3, -0.25) is 9.79 Å². The number of hydrogen-bond acceptors (Lipinski definition) is 6. The fraction of sp³-hybridized carbons (Fsp3) is 0.192. The molecule has 0 aliphatic heterocycles. The Morgan fingerprint density at radius 3 is 2.00 bits per heavy atom. The van der Waals surface area contributed by atoms with E-state index in [9.17, 15) is 9.59 Å². The largest absolute Gasteiger partial charge is 0.457 e. The Kier molecular flexibility index (Phi) is 7.75. The Labute approximate surface area is 187 Å². The van der Waals surface area contributed by atoms with Gasteiger partial charge in [0.1, 0.15) is 11.5 Å². The monoisotopic (exact) mass is 431 g/mol. The van der Waals surface area contributed by atoms with Crippen LogP contribution < -0.4 is 9.47 Å². The van der Waals surface area contributed by atoms with Crippen molar-refractivity contribution < 1.29 is 23.8 Å². The molecule has 32 heavy (non-hydrogen) atoms. The number of carbonyl (C=O) groups is 2. The molecular formula is C26H25NO5. The van der Waals surface area contributed by atoms with Crippen molar-refractivity contribution in [1.82, 2.24) is 0 Å². The van der Waals surface area contributed by atoms with E-state index in [1.165, 1.54) is 0 Å². The van der Waals surface area contributed by atoms with E-state index in [0.29, 0.717) is 23.5 Å². The summed E-state index contributed by atoms with van der Waals surface area (Å²) in [5.41, 5.74) is 3.21. The van der Waals surface area contributed by atoms with Gasteiger partial charge in [-0.2, -0.15) is 0 Å². The Bertz CT molecular complexity index is 1060. The predicted octanol–water partition coefficient (Wildman–Crippen LogP) is 5.83. The van der Waals surface area contributed by atoms with E-state index in [1.54, 1.807) is 43.3 Å². The highest BCUT2D eigenvalue weighted by Crippen LogP contribution is 2.25. The number of nitrogens with zero attached hydrogens (tertiary/aromatic N) is 1. The van der Waals surface area contributed by atoms with Crippen molar-refractivity contribution in [2.24, 2.45) is 10.9 Å². The zero-order valence-electron chi connectivity index (χ0n) is 18.1. The quantitative estimate of drug-likeness (QED) is 0.184. The summed E-state index contributed by atoms with van der Waals surface area (Å²) >= 11 is 0. The molecule has 0 amide bonds. The van der Waals surface area contributed by atoms with Crippen LogP contribution >= 0.6 is 0 Å². The molecule has 3 aromatic rings. The van der Waals surface area contributed by atoms with Crippen molar-refractivity contribution in [3.05, 3.63) is 78.4 Å². The molecule has 0 aliphatic rings. The first kappa shape index (κ1) is 22.7. The van der Waals surface area contributed by atoms with Gasteiger partial charge >= 0.3 is 11.9 Å². The molecule has 0 saturated carbocycles. The van der Waals surface area contributed by atoms with E-state index >= 15 is 0 Å². The van der Waals surface area contributed by atoms with Crippen molar-refractivity contribution in [2.45, 2.75) is 20.3 Å². The van der Waals surface area contributed by atoms with Gasteiger partial charge in [-0.25, -0.2) is 4.79 Å². The maximum Gasteiger partial charge on any atom is 0.343 e. The second kappa shape index (κ2) is 10.9. The molecule has 0 radical (unpaired) electrons. The van der Waals surface area contributed by atoms with Gasteiger partial charge in [0.15, 0.2) is 0 Å². The zero-order valence-corrected chi connectivity index (χ0v) is 18.1. The second-order valence-electron chi connectivity index (χ2n) is 7.18. The van der Waals surface area contributed by atoms with Crippen molar-refractivity contribution in [3.63, 3.8) is 0 Å². The number of carbonyl (C=O) groups excluding carboxylic acids is 2. The molecule has 0 aliphatic carbocycles. The molecule has 6 heteroatoms. The van der Waals surface area contributed by atoms with Gasteiger partial charge in [0.05, 0.1) is 17.2 Å². The predicted molar refractivity (Wildman–Crippen MR) is 124 cm³/mol. The Hall–Kier alpha value is -3.93. The van der Waals surface area contributed by atoms with Gasteiger partial charge in [-0.05, 0) is 72.8 Å². The average molecular weight is 431 g/mol. The van der Waals surface area contributed by atoms with Gasteiger partial charge in [0.25, 0.3) is 0 Å². The summed E-state index contributed by atoms with van der Waals surface area (Å²) < 4.78 is 15.9. The van der Waals surface area contributed by atoms with Crippen molar-refractivity contribution in [3.8, 4) is 22.6 Å². The molecule has 0 bridgehead atoms. The van der Waals surface area contributed by atoms with Gasteiger partial charge in [0, 0.05) is 0 Å². The third-order valence-electron chi connectivity index (χ3n) is 4.98. The van der Waals surface area contributed by atoms with Gasteiger partial charge in [0.2, 0.25) is 6.79 Å². The molecule has 0 N–H and O–H groups in total. The first-order chi connectivity index (χ1) is 15.5. The van der Waals surface area contributed by atoms with E-state index in [2.05, 4.69) is 11.7 Å². The van der Waals surface area contributed by atoms with E-state index < -0.39 is 5.97 Å². The molecule has 164 valence electrons. The molecule has 0 heterocycles. The molecule has 6 nitrogen and oxygen atoms in total. The number of rotatable bonds is 9.